The molecule has 6 nitrogen and oxygen atoms in total. The largest absolute Gasteiger partial charge is 0.507 e. The molecule has 2 fully saturated rings. The van der Waals surface area contributed by atoms with Gasteiger partial charge in [0, 0.05) is 43.7 Å². The van der Waals surface area contributed by atoms with Crippen molar-refractivity contribution in [1.29, 1.82) is 0 Å². The number of benzene rings is 1. The van der Waals surface area contributed by atoms with Crippen molar-refractivity contribution in [2.24, 2.45) is 0 Å². The van der Waals surface area contributed by atoms with E-state index in [1.165, 1.54) is 12.5 Å². The third-order valence-corrected chi connectivity index (χ3v) is 5.86. The van der Waals surface area contributed by atoms with Gasteiger partial charge in [0.05, 0.1) is 11.6 Å². The van der Waals surface area contributed by atoms with Crippen LogP contribution in [0.5, 0.6) is 5.75 Å². The zero-order valence-corrected chi connectivity index (χ0v) is 16.7. The minimum atomic E-state index is -0.168. The summed E-state index contributed by atoms with van der Waals surface area (Å²) in [5.74, 6) is 0.0295. The van der Waals surface area contributed by atoms with Crippen LogP contribution in [0.2, 0.25) is 0 Å². The van der Waals surface area contributed by atoms with Gasteiger partial charge in [-0.15, -0.1) is 0 Å². The number of rotatable bonds is 3. The van der Waals surface area contributed by atoms with Crippen LogP contribution in [0.25, 0.3) is 0 Å². The van der Waals surface area contributed by atoms with E-state index in [-0.39, 0.29) is 23.6 Å². The van der Waals surface area contributed by atoms with E-state index in [0.717, 1.165) is 30.4 Å². The number of phenolic OH excluding ortho intramolecular Hbond substituents is 1. The summed E-state index contributed by atoms with van der Waals surface area (Å²) in [6.45, 7) is 6.15. The Balaban J connectivity index is 1.57. The van der Waals surface area contributed by atoms with Crippen LogP contribution >= 0.6 is 15.9 Å². The number of likely N-dealkylation sites (tertiary alicyclic amines) is 1. The first-order valence-corrected chi connectivity index (χ1v) is 10.1. The van der Waals surface area contributed by atoms with Crippen LogP contribution in [0.15, 0.2) is 22.7 Å². The molecular formula is C19H26BrN3O3. The molecular weight excluding hydrogens is 398 g/mol. The molecule has 3 rings (SSSR count). The quantitative estimate of drug-likeness (QED) is 0.809. The van der Waals surface area contributed by atoms with Crippen molar-refractivity contribution in [2.45, 2.75) is 32.2 Å². The van der Waals surface area contributed by atoms with Gasteiger partial charge in [0.1, 0.15) is 5.75 Å². The molecule has 0 spiro atoms. The van der Waals surface area contributed by atoms with Gasteiger partial charge in [0.25, 0.3) is 5.91 Å². The Kier molecular flexibility index (Phi) is 6.19. The number of aromatic hydroxyl groups is 1. The first kappa shape index (κ1) is 19.2. The fraction of sp³-hybridized carbons (Fsp3) is 0.579. The fourth-order valence-corrected chi connectivity index (χ4v) is 4.06. The van der Waals surface area contributed by atoms with Crippen LogP contribution in [0, 0.1) is 0 Å². The van der Waals surface area contributed by atoms with Crippen LogP contribution in [0.3, 0.4) is 0 Å². The lowest BCUT2D eigenvalue weighted by atomic mass is 10.1. The number of nitrogens with zero attached hydrogens (tertiary/aromatic N) is 3. The Bertz CT molecular complexity index is 668. The van der Waals surface area contributed by atoms with Gasteiger partial charge in [-0.25, -0.2) is 0 Å². The molecule has 7 heteroatoms. The summed E-state index contributed by atoms with van der Waals surface area (Å²) in [5, 5.41) is 9.96. The highest BCUT2D eigenvalue weighted by molar-refractivity contribution is 9.10. The average molecular weight is 424 g/mol. The van der Waals surface area contributed by atoms with Gasteiger partial charge in [-0.2, -0.15) is 0 Å². The Morgan fingerprint density at radius 2 is 1.65 bits per heavy atom. The molecule has 2 heterocycles. The highest BCUT2D eigenvalue weighted by atomic mass is 79.9. The number of carbonyl (C=O) groups excluding carboxylic acids is 2. The van der Waals surface area contributed by atoms with Gasteiger partial charge in [0.2, 0.25) is 5.91 Å². The molecule has 2 aliphatic heterocycles. The molecule has 26 heavy (non-hydrogen) atoms. The zero-order valence-electron chi connectivity index (χ0n) is 15.2. The van der Waals surface area contributed by atoms with Gasteiger partial charge >= 0.3 is 0 Å². The van der Waals surface area contributed by atoms with Crippen LogP contribution in [0.1, 0.15) is 36.5 Å². The van der Waals surface area contributed by atoms with E-state index in [1.807, 2.05) is 11.8 Å². The second kappa shape index (κ2) is 8.39. The van der Waals surface area contributed by atoms with Crippen molar-refractivity contribution in [3.05, 3.63) is 28.2 Å². The summed E-state index contributed by atoms with van der Waals surface area (Å²) in [6, 6.07) is 4.72. The number of phenols is 1. The summed E-state index contributed by atoms with van der Waals surface area (Å²) in [5.41, 5.74) is 0.310. The Labute approximate surface area is 162 Å². The second-order valence-electron chi connectivity index (χ2n) is 7.05. The van der Waals surface area contributed by atoms with E-state index < -0.39 is 0 Å². The number of carbonyl (C=O) groups is 2. The van der Waals surface area contributed by atoms with Gasteiger partial charge in [-0.1, -0.05) is 15.9 Å². The van der Waals surface area contributed by atoms with E-state index in [0.29, 0.717) is 31.7 Å². The predicted octanol–water partition coefficient (Wildman–Crippen LogP) is 2.31. The van der Waals surface area contributed by atoms with Crippen molar-refractivity contribution < 1.29 is 14.7 Å². The molecule has 0 saturated carbocycles. The van der Waals surface area contributed by atoms with E-state index in [4.69, 9.17) is 0 Å². The number of piperidine rings is 1. The highest BCUT2D eigenvalue weighted by Crippen LogP contribution is 2.24. The van der Waals surface area contributed by atoms with E-state index in [1.54, 1.807) is 17.0 Å². The number of hydrogen-bond donors (Lipinski definition) is 1. The minimum Gasteiger partial charge on any atom is -0.507 e. The van der Waals surface area contributed by atoms with Gasteiger partial charge < -0.3 is 14.9 Å². The summed E-state index contributed by atoms with van der Waals surface area (Å²) < 4.78 is 0.762. The maximum Gasteiger partial charge on any atom is 0.257 e. The molecule has 2 aliphatic rings. The molecule has 0 aliphatic carbocycles. The summed E-state index contributed by atoms with van der Waals surface area (Å²) >= 11 is 3.34. The zero-order chi connectivity index (χ0) is 18.7. The smallest absolute Gasteiger partial charge is 0.257 e. The van der Waals surface area contributed by atoms with Gasteiger partial charge in [-0.05, 0) is 44.4 Å². The molecule has 1 aromatic rings. The normalized spacial score (nSPS) is 20.1. The van der Waals surface area contributed by atoms with E-state index >= 15 is 0 Å². The summed E-state index contributed by atoms with van der Waals surface area (Å²) in [4.78, 5) is 31.2. The minimum absolute atomic E-state index is 0.00530. The van der Waals surface area contributed by atoms with Crippen molar-refractivity contribution in [3.8, 4) is 5.75 Å². The number of halogens is 1. The molecule has 142 valence electrons. The van der Waals surface area contributed by atoms with Crippen molar-refractivity contribution in [3.63, 3.8) is 0 Å². The third-order valence-electron chi connectivity index (χ3n) is 5.36. The van der Waals surface area contributed by atoms with Crippen LogP contribution in [0.4, 0.5) is 0 Å². The number of hydrogen-bond acceptors (Lipinski definition) is 4. The first-order chi connectivity index (χ1) is 12.5. The van der Waals surface area contributed by atoms with Crippen molar-refractivity contribution >= 4 is 27.7 Å². The first-order valence-electron chi connectivity index (χ1n) is 9.28. The van der Waals surface area contributed by atoms with Gasteiger partial charge in [-0.3, -0.25) is 14.5 Å². The lowest BCUT2D eigenvalue weighted by Gasteiger charge is -2.39. The third kappa shape index (κ3) is 4.20. The molecule has 0 radical (unpaired) electrons. The average Bonchev–Trinajstić information content (AvgIpc) is 2.69. The van der Waals surface area contributed by atoms with E-state index in [2.05, 4.69) is 20.8 Å². The van der Waals surface area contributed by atoms with Gasteiger partial charge in [0.15, 0.2) is 0 Å². The Morgan fingerprint density at radius 1 is 1.00 bits per heavy atom. The molecule has 2 amide bonds. The second-order valence-corrected chi connectivity index (χ2v) is 7.97. The molecule has 1 atom stereocenters. The molecule has 0 bridgehead atoms. The molecule has 1 aromatic carbocycles. The SMILES string of the molecule is CC(C(=O)N1CCCCC1)N1CCN(C(=O)c2cc(Br)ccc2O)CC1. The maximum atomic E-state index is 12.7. The summed E-state index contributed by atoms with van der Waals surface area (Å²) in [6.07, 6.45) is 3.40. The number of amides is 2. The standard InChI is InChI=1S/C19H26BrN3O3/c1-14(18(25)22-7-3-2-4-8-22)21-9-11-23(12-10-21)19(26)16-13-15(20)5-6-17(16)24/h5-6,13-14,24H,2-4,7-12H2,1H3. The van der Waals surface area contributed by atoms with Crippen molar-refractivity contribution in [1.82, 2.24) is 14.7 Å². The summed E-state index contributed by atoms with van der Waals surface area (Å²) in [7, 11) is 0. The molecule has 1 N–H and O–H groups in total. The lowest BCUT2D eigenvalue weighted by Crippen LogP contribution is -2.56. The molecule has 0 aromatic heterocycles. The monoisotopic (exact) mass is 423 g/mol. The van der Waals surface area contributed by atoms with E-state index in [9.17, 15) is 14.7 Å². The predicted molar refractivity (Wildman–Crippen MR) is 103 cm³/mol. The Hall–Kier alpha value is -1.60. The van der Waals surface area contributed by atoms with Crippen LogP contribution in [-0.4, -0.2) is 76.9 Å². The number of piperazine rings is 1. The van der Waals surface area contributed by atoms with Crippen LogP contribution in [-0.2, 0) is 4.79 Å². The lowest BCUT2D eigenvalue weighted by molar-refractivity contribution is -0.137. The topological polar surface area (TPSA) is 64.1 Å². The van der Waals surface area contributed by atoms with Crippen LogP contribution < -0.4 is 0 Å². The highest BCUT2D eigenvalue weighted by Gasteiger charge is 2.31. The molecule has 1 unspecified atom stereocenters. The molecule has 2 saturated heterocycles. The van der Waals surface area contributed by atoms with Crippen molar-refractivity contribution in [2.75, 3.05) is 39.3 Å². The maximum absolute atomic E-state index is 12.7. The fourth-order valence-electron chi connectivity index (χ4n) is 3.70. The Morgan fingerprint density at radius 3 is 2.31 bits per heavy atom.